The molecule has 0 unspecified atom stereocenters. The number of fused-ring (bicyclic) bond motifs is 2. The first-order valence-corrected chi connectivity index (χ1v) is 11.5. The number of rotatable bonds is 7. The lowest BCUT2D eigenvalue weighted by molar-refractivity contribution is 0.0652. The van der Waals surface area contributed by atoms with Crippen LogP contribution in [0.25, 0.3) is 10.9 Å². The molecule has 0 saturated carbocycles. The van der Waals surface area contributed by atoms with E-state index in [0.29, 0.717) is 36.9 Å². The molecule has 7 nitrogen and oxygen atoms in total. The summed E-state index contributed by atoms with van der Waals surface area (Å²) in [5.41, 5.74) is 3.98. The van der Waals surface area contributed by atoms with Crippen molar-refractivity contribution in [1.82, 2.24) is 9.47 Å². The summed E-state index contributed by atoms with van der Waals surface area (Å²) in [5.74, 6) is -0.571. The number of carbonyl (C=O) groups is 2. The predicted molar refractivity (Wildman–Crippen MR) is 115 cm³/mol. The number of amides is 2. The number of hydrogen-bond acceptors (Lipinski definition) is 4. The first kappa shape index (κ1) is 20.3. The molecule has 0 radical (unpaired) electrons. The number of nitrogens with zero attached hydrogens (tertiary/aromatic N) is 2. The summed E-state index contributed by atoms with van der Waals surface area (Å²) < 4.78 is 24.5. The lowest BCUT2D eigenvalue weighted by Crippen LogP contribution is -2.30. The molecule has 8 heteroatoms. The van der Waals surface area contributed by atoms with Gasteiger partial charge in [0.05, 0.1) is 16.9 Å². The predicted octanol–water partition coefficient (Wildman–Crippen LogP) is 2.24. The topological polar surface area (TPSA) is 102 Å². The van der Waals surface area contributed by atoms with Crippen molar-refractivity contribution in [2.45, 2.75) is 19.3 Å². The molecule has 1 aliphatic heterocycles. The van der Waals surface area contributed by atoms with Gasteiger partial charge in [0, 0.05) is 30.7 Å². The van der Waals surface area contributed by atoms with Crippen LogP contribution < -0.4 is 5.14 Å². The van der Waals surface area contributed by atoms with E-state index < -0.39 is 10.0 Å². The van der Waals surface area contributed by atoms with Crippen LogP contribution in [0, 0.1) is 0 Å². The number of carbonyl (C=O) groups excluding carboxylic acids is 2. The molecule has 0 saturated heterocycles. The fourth-order valence-electron chi connectivity index (χ4n) is 4.01. The molecule has 0 spiro atoms. The fourth-order valence-corrected chi connectivity index (χ4v) is 4.53. The highest BCUT2D eigenvalue weighted by Crippen LogP contribution is 2.26. The Balaban J connectivity index is 1.48. The minimum Gasteiger partial charge on any atom is -0.350 e. The second-order valence-corrected chi connectivity index (χ2v) is 9.38. The largest absolute Gasteiger partial charge is 0.350 e. The van der Waals surface area contributed by atoms with Crippen LogP contribution in [0.15, 0.2) is 48.7 Å². The van der Waals surface area contributed by atoms with Gasteiger partial charge in [-0.25, -0.2) is 13.6 Å². The molecule has 0 fully saturated rings. The highest BCUT2D eigenvalue weighted by molar-refractivity contribution is 7.89. The van der Waals surface area contributed by atoms with Crippen LogP contribution in [0.3, 0.4) is 0 Å². The van der Waals surface area contributed by atoms with Crippen LogP contribution in [0.1, 0.15) is 38.3 Å². The van der Waals surface area contributed by atoms with Crippen LogP contribution >= 0.6 is 0 Å². The Bertz CT molecular complexity index is 1230. The van der Waals surface area contributed by atoms with Crippen molar-refractivity contribution < 1.29 is 18.0 Å². The van der Waals surface area contributed by atoms with Crippen LogP contribution in [-0.4, -0.2) is 42.0 Å². The van der Waals surface area contributed by atoms with Crippen LogP contribution in [0.5, 0.6) is 0 Å². The summed E-state index contributed by atoms with van der Waals surface area (Å²) in [6.45, 7) is 0.355. The Hall–Kier alpha value is -2.97. The third-order valence-electron chi connectivity index (χ3n) is 5.52. The zero-order valence-electron chi connectivity index (χ0n) is 16.7. The second-order valence-electron chi connectivity index (χ2n) is 7.64. The van der Waals surface area contributed by atoms with Gasteiger partial charge in [-0.3, -0.25) is 14.5 Å². The van der Waals surface area contributed by atoms with Crippen molar-refractivity contribution in [2.24, 2.45) is 12.2 Å². The van der Waals surface area contributed by atoms with Gasteiger partial charge in [0.1, 0.15) is 0 Å². The van der Waals surface area contributed by atoms with E-state index in [2.05, 4.69) is 0 Å². The summed E-state index contributed by atoms with van der Waals surface area (Å²) in [5, 5.41) is 6.17. The maximum Gasteiger partial charge on any atom is 0.261 e. The highest BCUT2D eigenvalue weighted by atomic mass is 32.2. The minimum absolute atomic E-state index is 0.0968. The Morgan fingerprint density at radius 3 is 2.27 bits per heavy atom. The maximum absolute atomic E-state index is 12.5. The fraction of sp³-hybridized carbons (Fsp3) is 0.273. The lowest BCUT2D eigenvalue weighted by Gasteiger charge is -2.13. The molecule has 0 bridgehead atoms. The third kappa shape index (κ3) is 3.88. The first-order chi connectivity index (χ1) is 14.2. The van der Waals surface area contributed by atoms with E-state index in [4.69, 9.17) is 5.14 Å². The zero-order valence-corrected chi connectivity index (χ0v) is 17.5. The van der Waals surface area contributed by atoms with E-state index in [9.17, 15) is 18.0 Å². The number of sulfonamides is 1. The van der Waals surface area contributed by atoms with Gasteiger partial charge in [0.25, 0.3) is 11.8 Å². The average Bonchev–Trinajstić information content (AvgIpc) is 3.15. The van der Waals surface area contributed by atoms with Gasteiger partial charge in [-0.1, -0.05) is 18.2 Å². The average molecular weight is 426 g/mol. The van der Waals surface area contributed by atoms with Crippen LogP contribution in [0.4, 0.5) is 0 Å². The number of nitrogens with two attached hydrogens (primary N) is 1. The number of hydrogen-bond donors (Lipinski definition) is 1. The summed E-state index contributed by atoms with van der Waals surface area (Å²) in [7, 11) is -1.55. The Labute approximate surface area is 175 Å². The molecule has 1 aliphatic rings. The minimum atomic E-state index is -3.51. The normalized spacial score (nSPS) is 14.0. The monoisotopic (exact) mass is 425 g/mol. The van der Waals surface area contributed by atoms with Crippen LogP contribution in [0.2, 0.25) is 0 Å². The quantitative estimate of drug-likeness (QED) is 0.587. The Morgan fingerprint density at radius 2 is 1.63 bits per heavy atom. The number of imide groups is 1. The molecular formula is C22H23N3O4S. The molecule has 2 amide bonds. The molecule has 2 N–H and O–H groups in total. The molecule has 30 heavy (non-hydrogen) atoms. The molecule has 2 heterocycles. The van der Waals surface area contributed by atoms with E-state index in [-0.39, 0.29) is 17.6 Å². The number of aromatic nitrogens is 1. The molecule has 0 aliphatic carbocycles. The van der Waals surface area contributed by atoms with Crippen molar-refractivity contribution in [2.75, 3.05) is 12.3 Å². The van der Waals surface area contributed by atoms with Crippen molar-refractivity contribution in [1.29, 1.82) is 0 Å². The molecule has 0 atom stereocenters. The molecule has 1 aromatic heterocycles. The summed E-state index contributed by atoms with van der Waals surface area (Å²) in [6, 6.07) is 12.8. The third-order valence-corrected chi connectivity index (χ3v) is 6.29. The Morgan fingerprint density at radius 1 is 0.967 bits per heavy atom. The molecular weight excluding hydrogens is 402 g/mol. The van der Waals surface area contributed by atoms with E-state index in [1.165, 1.54) is 4.90 Å². The van der Waals surface area contributed by atoms with Crippen molar-refractivity contribution in [3.05, 3.63) is 70.9 Å². The smallest absolute Gasteiger partial charge is 0.261 e. The van der Waals surface area contributed by atoms with E-state index in [1.807, 2.05) is 36.0 Å². The summed E-state index contributed by atoms with van der Waals surface area (Å²) in [6.07, 6.45) is 3.74. The number of aryl methyl sites for hydroxylation is 3. The van der Waals surface area contributed by atoms with Gasteiger partial charge in [0.15, 0.2) is 0 Å². The summed E-state index contributed by atoms with van der Waals surface area (Å²) >= 11 is 0. The molecule has 3 aromatic rings. The number of benzene rings is 2. The SMILES string of the molecule is Cn1cc(CCCN2C(=O)c3ccccc3C2=O)c2cc(CCS(N)(=O)=O)ccc21. The maximum atomic E-state index is 12.5. The van der Waals surface area contributed by atoms with Crippen molar-refractivity contribution >= 4 is 32.7 Å². The van der Waals surface area contributed by atoms with Gasteiger partial charge < -0.3 is 4.57 Å². The van der Waals surface area contributed by atoms with Crippen molar-refractivity contribution in [3.8, 4) is 0 Å². The standard InChI is InChI=1S/C22H23N3O4S/c1-24-14-16(19-13-15(8-9-20(19)24)10-12-30(23,28)29)5-4-11-25-21(26)17-6-2-3-7-18(17)22(25)27/h2-3,6-9,13-14H,4-5,10-12H2,1H3,(H2,23,28,29). The molecule has 156 valence electrons. The van der Waals surface area contributed by atoms with Gasteiger partial charge in [-0.15, -0.1) is 0 Å². The summed E-state index contributed by atoms with van der Waals surface area (Å²) in [4.78, 5) is 26.3. The van der Waals surface area contributed by atoms with E-state index in [0.717, 1.165) is 22.0 Å². The number of primary sulfonamides is 1. The Kier molecular flexibility index (Phi) is 5.21. The molecule has 2 aromatic carbocycles. The van der Waals surface area contributed by atoms with Crippen molar-refractivity contribution in [3.63, 3.8) is 0 Å². The van der Waals surface area contributed by atoms with Crippen LogP contribution in [-0.2, 0) is 29.9 Å². The zero-order chi connectivity index (χ0) is 21.5. The molecule has 4 rings (SSSR count). The van der Waals surface area contributed by atoms with Gasteiger partial charge in [0.2, 0.25) is 10.0 Å². The van der Waals surface area contributed by atoms with E-state index in [1.54, 1.807) is 24.3 Å². The van der Waals surface area contributed by atoms with Gasteiger partial charge in [-0.05, 0) is 54.7 Å². The van der Waals surface area contributed by atoms with E-state index >= 15 is 0 Å². The second kappa shape index (κ2) is 7.70. The first-order valence-electron chi connectivity index (χ1n) is 9.77. The lowest BCUT2D eigenvalue weighted by atomic mass is 10.0. The van der Waals surface area contributed by atoms with Gasteiger partial charge >= 0.3 is 0 Å². The van der Waals surface area contributed by atoms with Gasteiger partial charge in [-0.2, -0.15) is 0 Å². The highest BCUT2D eigenvalue weighted by Gasteiger charge is 2.34.